The maximum Gasteiger partial charge on any atom is 0.173 e. The Hall–Kier alpha value is -1.79. The van der Waals surface area contributed by atoms with Crippen LogP contribution in [0.15, 0.2) is 46.3 Å². The molecule has 2 rings (SSSR count). The summed E-state index contributed by atoms with van der Waals surface area (Å²) in [7, 11) is 0. The first-order valence-corrected chi connectivity index (χ1v) is 6.33. The van der Waals surface area contributed by atoms with Crippen molar-refractivity contribution in [3.63, 3.8) is 0 Å². The SMILES string of the molecule is N/C(=N/O)c1ccncc1Oc1cc(Br)ccc1Cl. The van der Waals surface area contributed by atoms with Crippen LogP contribution in [-0.4, -0.2) is 16.0 Å². The first kappa shape index (κ1) is 13.6. The molecule has 1 aromatic carbocycles. The molecule has 0 fully saturated rings. The summed E-state index contributed by atoms with van der Waals surface area (Å²) in [6, 6.07) is 6.78. The fourth-order valence-electron chi connectivity index (χ4n) is 1.40. The highest BCUT2D eigenvalue weighted by molar-refractivity contribution is 9.10. The van der Waals surface area contributed by atoms with E-state index in [1.165, 1.54) is 12.4 Å². The Morgan fingerprint density at radius 3 is 2.89 bits per heavy atom. The van der Waals surface area contributed by atoms with Crippen LogP contribution in [0.5, 0.6) is 11.5 Å². The molecule has 0 unspecified atom stereocenters. The van der Waals surface area contributed by atoms with Crippen molar-refractivity contribution in [2.45, 2.75) is 0 Å². The van der Waals surface area contributed by atoms with Gasteiger partial charge in [0.15, 0.2) is 11.6 Å². The normalized spacial score (nSPS) is 11.4. The van der Waals surface area contributed by atoms with Crippen molar-refractivity contribution in [2.24, 2.45) is 10.9 Å². The lowest BCUT2D eigenvalue weighted by atomic mass is 10.2. The van der Waals surface area contributed by atoms with Crippen molar-refractivity contribution in [3.05, 3.63) is 51.7 Å². The molecule has 0 saturated heterocycles. The lowest BCUT2D eigenvalue weighted by Crippen LogP contribution is -2.14. The maximum absolute atomic E-state index is 8.73. The van der Waals surface area contributed by atoms with E-state index in [9.17, 15) is 0 Å². The van der Waals surface area contributed by atoms with Crippen LogP contribution in [-0.2, 0) is 0 Å². The zero-order valence-corrected chi connectivity index (χ0v) is 11.9. The van der Waals surface area contributed by atoms with E-state index in [0.717, 1.165) is 4.47 Å². The van der Waals surface area contributed by atoms with Crippen LogP contribution < -0.4 is 10.5 Å². The molecule has 0 bridgehead atoms. The molecule has 0 amide bonds. The van der Waals surface area contributed by atoms with Crippen LogP contribution >= 0.6 is 27.5 Å². The number of halogens is 2. The second kappa shape index (κ2) is 5.90. The zero-order chi connectivity index (χ0) is 13.8. The van der Waals surface area contributed by atoms with Crippen molar-refractivity contribution in [1.29, 1.82) is 0 Å². The molecular formula is C12H9BrClN3O2. The summed E-state index contributed by atoms with van der Waals surface area (Å²) in [6.07, 6.45) is 2.98. The van der Waals surface area contributed by atoms with Crippen LogP contribution in [0.4, 0.5) is 0 Å². The van der Waals surface area contributed by atoms with E-state index in [2.05, 4.69) is 26.1 Å². The average Bonchev–Trinajstić information content (AvgIpc) is 2.42. The van der Waals surface area contributed by atoms with Gasteiger partial charge in [-0.15, -0.1) is 0 Å². The second-order valence-electron chi connectivity index (χ2n) is 3.53. The topological polar surface area (TPSA) is 80.7 Å². The fourth-order valence-corrected chi connectivity index (χ4v) is 1.90. The highest BCUT2D eigenvalue weighted by atomic mass is 79.9. The summed E-state index contributed by atoms with van der Waals surface area (Å²) >= 11 is 9.36. The predicted molar refractivity (Wildman–Crippen MR) is 76.0 cm³/mol. The highest BCUT2D eigenvalue weighted by Gasteiger charge is 2.11. The number of amidine groups is 1. The first-order chi connectivity index (χ1) is 9.11. The summed E-state index contributed by atoms with van der Waals surface area (Å²) in [4.78, 5) is 3.94. The third kappa shape index (κ3) is 3.15. The Balaban J connectivity index is 2.41. The Bertz CT molecular complexity index is 634. The van der Waals surface area contributed by atoms with Crippen molar-refractivity contribution in [1.82, 2.24) is 4.98 Å². The summed E-state index contributed by atoms with van der Waals surface area (Å²) in [5.74, 6) is 0.720. The molecule has 7 heteroatoms. The molecule has 0 aliphatic carbocycles. The number of nitrogens with zero attached hydrogens (tertiary/aromatic N) is 2. The lowest BCUT2D eigenvalue weighted by Gasteiger charge is -2.11. The molecule has 0 aliphatic heterocycles. The Morgan fingerprint density at radius 2 is 2.16 bits per heavy atom. The average molecular weight is 343 g/mol. The number of aromatic nitrogens is 1. The minimum Gasteiger partial charge on any atom is -0.453 e. The van der Waals surface area contributed by atoms with Crippen LogP contribution in [0.2, 0.25) is 5.02 Å². The first-order valence-electron chi connectivity index (χ1n) is 5.16. The van der Waals surface area contributed by atoms with Gasteiger partial charge in [-0.1, -0.05) is 32.7 Å². The Morgan fingerprint density at radius 1 is 1.37 bits per heavy atom. The minimum absolute atomic E-state index is 0.0662. The smallest absolute Gasteiger partial charge is 0.173 e. The van der Waals surface area contributed by atoms with E-state index in [1.807, 2.05) is 0 Å². The van der Waals surface area contributed by atoms with Gasteiger partial charge in [0.05, 0.1) is 16.8 Å². The molecule has 98 valence electrons. The maximum atomic E-state index is 8.73. The van der Waals surface area contributed by atoms with E-state index in [1.54, 1.807) is 24.3 Å². The van der Waals surface area contributed by atoms with Gasteiger partial charge >= 0.3 is 0 Å². The van der Waals surface area contributed by atoms with Crippen LogP contribution in [0.1, 0.15) is 5.56 Å². The summed E-state index contributed by atoms with van der Waals surface area (Å²) in [6.45, 7) is 0. The van der Waals surface area contributed by atoms with Crippen molar-refractivity contribution in [3.8, 4) is 11.5 Å². The van der Waals surface area contributed by atoms with E-state index in [-0.39, 0.29) is 5.84 Å². The van der Waals surface area contributed by atoms with E-state index in [0.29, 0.717) is 22.1 Å². The highest BCUT2D eigenvalue weighted by Crippen LogP contribution is 2.33. The molecular weight excluding hydrogens is 334 g/mol. The number of hydrogen-bond acceptors (Lipinski definition) is 4. The molecule has 0 spiro atoms. The number of ether oxygens (including phenoxy) is 1. The molecule has 1 heterocycles. The third-order valence-corrected chi connectivity index (χ3v) is 3.09. The number of rotatable bonds is 3. The number of hydrogen-bond donors (Lipinski definition) is 2. The zero-order valence-electron chi connectivity index (χ0n) is 9.55. The molecule has 3 N–H and O–H groups in total. The van der Waals surface area contributed by atoms with Gasteiger partial charge in [0.25, 0.3) is 0 Å². The lowest BCUT2D eigenvalue weighted by molar-refractivity contribution is 0.318. The van der Waals surface area contributed by atoms with Gasteiger partial charge in [0.1, 0.15) is 5.75 Å². The van der Waals surface area contributed by atoms with Gasteiger partial charge < -0.3 is 15.7 Å². The van der Waals surface area contributed by atoms with Crippen LogP contribution in [0, 0.1) is 0 Å². The molecule has 2 aromatic rings. The predicted octanol–water partition coefficient (Wildman–Crippen LogP) is 3.38. The van der Waals surface area contributed by atoms with E-state index < -0.39 is 0 Å². The number of nitrogens with two attached hydrogens (primary N) is 1. The third-order valence-electron chi connectivity index (χ3n) is 2.28. The van der Waals surface area contributed by atoms with Gasteiger partial charge in [-0.25, -0.2) is 0 Å². The number of pyridine rings is 1. The van der Waals surface area contributed by atoms with Crippen molar-refractivity contribution < 1.29 is 9.94 Å². The molecule has 0 radical (unpaired) electrons. The minimum atomic E-state index is -0.0662. The summed E-state index contributed by atoms with van der Waals surface area (Å²) in [5.41, 5.74) is 5.99. The van der Waals surface area contributed by atoms with E-state index in [4.69, 9.17) is 27.3 Å². The standard InChI is InChI=1S/C12H9BrClN3O2/c13-7-1-2-9(14)10(5-7)19-11-6-16-4-3-8(11)12(15)17-18/h1-6,18H,(H2,15,17). The monoisotopic (exact) mass is 341 g/mol. The molecule has 5 nitrogen and oxygen atoms in total. The van der Waals surface area contributed by atoms with Gasteiger partial charge in [0.2, 0.25) is 0 Å². The van der Waals surface area contributed by atoms with Gasteiger partial charge in [-0.3, -0.25) is 4.98 Å². The number of oxime groups is 1. The molecule has 0 saturated carbocycles. The summed E-state index contributed by atoms with van der Waals surface area (Å²) in [5, 5.41) is 12.1. The van der Waals surface area contributed by atoms with Crippen LogP contribution in [0.25, 0.3) is 0 Å². The molecule has 0 atom stereocenters. The largest absolute Gasteiger partial charge is 0.453 e. The van der Waals surface area contributed by atoms with Crippen LogP contribution in [0.3, 0.4) is 0 Å². The quantitative estimate of drug-likeness (QED) is 0.388. The van der Waals surface area contributed by atoms with Gasteiger partial charge in [0, 0.05) is 10.7 Å². The number of benzene rings is 1. The van der Waals surface area contributed by atoms with Crippen molar-refractivity contribution in [2.75, 3.05) is 0 Å². The molecule has 0 aliphatic rings. The fraction of sp³-hybridized carbons (Fsp3) is 0. The van der Waals surface area contributed by atoms with Gasteiger partial charge in [-0.05, 0) is 24.3 Å². The Kier molecular flexibility index (Phi) is 4.24. The van der Waals surface area contributed by atoms with Gasteiger partial charge in [-0.2, -0.15) is 0 Å². The Labute approximate surface area is 122 Å². The second-order valence-corrected chi connectivity index (χ2v) is 4.86. The molecule has 1 aromatic heterocycles. The molecule has 19 heavy (non-hydrogen) atoms. The van der Waals surface area contributed by atoms with Crippen molar-refractivity contribution >= 4 is 33.4 Å². The summed E-state index contributed by atoms with van der Waals surface area (Å²) < 4.78 is 6.47. The van der Waals surface area contributed by atoms with E-state index >= 15 is 0 Å².